The van der Waals surface area contributed by atoms with Gasteiger partial charge in [0.05, 0.1) is 11.7 Å². The van der Waals surface area contributed by atoms with Gasteiger partial charge in [-0.3, -0.25) is 9.59 Å². The highest BCUT2D eigenvalue weighted by atomic mass is 35.5. The summed E-state index contributed by atoms with van der Waals surface area (Å²) in [4.78, 5) is 24.2. The lowest BCUT2D eigenvalue weighted by Gasteiger charge is -2.06. The van der Waals surface area contributed by atoms with Gasteiger partial charge in [-0.25, -0.2) is 9.07 Å². The molecule has 25 heavy (non-hydrogen) atoms. The molecule has 0 saturated heterocycles. The molecule has 0 radical (unpaired) electrons. The molecule has 0 saturated carbocycles. The third-order valence-corrected chi connectivity index (χ3v) is 3.97. The van der Waals surface area contributed by atoms with Crippen molar-refractivity contribution in [2.24, 2.45) is 0 Å². The summed E-state index contributed by atoms with van der Waals surface area (Å²) in [7, 11) is 0. The SMILES string of the molecule is O=C(CCC(=O)n1ncc2ccc(Cl)cc21)NCc1ccc(F)cc1. The number of benzene rings is 2. The Bertz CT molecular complexity index is 922. The molecule has 0 spiro atoms. The number of carbonyl (C=O) groups excluding carboxylic acids is 2. The topological polar surface area (TPSA) is 64.0 Å². The second-order valence-electron chi connectivity index (χ2n) is 5.56. The molecule has 0 unspecified atom stereocenters. The van der Waals surface area contributed by atoms with Crippen molar-refractivity contribution in [1.82, 2.24) is 15.1 Å². The molecule has 0 aliphatic rings. The van der Waals surface area contributed by atoms with Gasteiger partial charge < -0.3 is 5.32 Å². The zero-order valence-electron chi connectivity index (χ0n) is 13.2. The summed E-state index contributed by atoms with van der Waals surface area (Å²) in [5.74, 6) is -0.867. The predicted octanol–water partition coefficient (Wildman–Crippen LogP) is 3.57. The van der Waals surface area contributed by atoms with Crippen molar-refractivity contribution in [3.05, 3.63) is 65.1 Å². The number of hydrogen-bond donors (Lipinski definition) is 1. The standard InChI is InChI=1S/C18H15ClFN3O2/c19-14-4-3-13-11-22-23(16(13)9-14)18(25)8-7-17(24)21-10-12-1-5-15(20)6-2-12/h1-6,9,11H,7-8,10H2,(H,21,24). The van der Waals surface area contributed by atoms with E-state index in [0.717, 1.165) is 10.9 Å². The lowest BCUT2D eigenvalue weighted by atomic mass is 10.2. The lowest BCUT2D eigenvalue weighted by molar-refractivity contribution is -0.121. The van der Waals surface area contributed by atoms with Crippen LogP contribution in [0.25, 0.3) is 10.9 Å². The summed E-state index contributed by atoms with van der Waals surface area (Å²) >= 11 is 5.95. The summed E-state index contributed by atoms with van der Waals surface area (Å²) in [6.45, 7) is 0.285. The maximum atomic E-state index is 12.8. The summed E-state index contributed by atoms with van der Waals surface area (Å²) in [5, 5.41) is 8.08. The Hall–Kier alpha value is -2.73. The number of nitrogens with one attached hydrogen (secondary N) is 1. The number of fused-ring (bicyclic) bond motifs is 1. The van der Waals surface area contributed by atoms with Gasteiger partial charge in [-0.1, -0.05) is 23.7 Å². The molecule has 0 bridgehead atoms. The van der Waals surface area contributed by atoms with Crippen molar-refractivity contribution in [2.75, 3.05) is 0 Å². The fourth-order valence-corrected chi connectivity index (χ4v) is 2.57. The molecule has 0 aliphatic heterocycles. The first kappa shape index (κ1) is 17.1. The van der Waals surface area contributed by atoms with Crippen LogP contribution in [0, 0.1) is 5.82 Å². The van der Waals surface area contributed by atoms with Crippen LogP contribution in [0.4, 0.5) is 4.39 Å². The van der Waals surface area contributed by atoms with Crippen LogP contribution in [0.15, 0.2) is 48.7 Å². The summed E-state index contributed by atoms with van der Waals surface area (Å²) < 4.78 is 14.1. The molecule has 0 fully saturated rings. The van der Waals surface area contributed by atoms with Crippen LogP contribution >= 0.6 is 11.6 Å². The van der Waals surface area contributed by atoms with Gasteiger partial charge in [-0.2, -0.15) is 5.10 Å². The Balaban J connectivity index is 1.55. The second-order valence-corrected chi connectivity index (χ2v) is 5.99. The fraction of sp³-hybridized carbons (Fsp3) is 0.167. The number of halogens is 2. The van der Waals surface area contributed by atoms with Gasteiger partial charge in [0.1, 0.15) is 5.82 Å². The molecule has 128 valence electrons. The van der Waals surface area contributed by atoms with Crippen molar-refractivity contribution in [3.63, 3.8) is 0 Å². The number of amides is 1. The molecule has 1 heterocycles. The number of hydrogen-bond acceptors (Lipinski definition) is 3. The number of rotatable bonds is 5. The monoisotopic (exact) mass is 359 g/mol. The van der Waals surface area contributed by atoms with Crippen molar-refractivity contribution in [2.45, 2.75) is 19.4 Å². The van der Waals surface area contributed by atoms with Gasteiger partial charge in [0.15, 0.2) is 0 Å². The first-order chi connectivity index (χ1) is 12.0. The quantitative estimate of drug-likeness (QED) is 0.757. The molecular formula is C18H15ClFN3O2. The molecule has 7 heteroatoms. The van der Waals surface area contributed by atoms with E-state index < -0.39 is 0 Å². The minimum atomic E-state index is -0.327. The fourth-order valence-electron chi connectivity index (χ4n) is 2.41. The van der Waals surface area contributed by atoms with Gasteiger partial charge >= 0.3 is 0 Å². The van der Waals surface area contributed by atoms with Gasteiger partial charge in [-0.15, -0.1) is 0 Å². The smallest absolute Gasteiger partial charge is 0.247 e. The Morgan fingerprint density at radius 2 is 1.88 bits per heavy atom. The highest BCUT2D eigenvalue weighted by Gasteiger charge is 2.13. The summed E-state index contributed by atoms with van der Waals surface area (Å²) in [5.41, 5.74) is 1.40. The van der Waals surface area contributed by atoms with E-state index >= 15 is 0 Å². The highest BCUT2D eigenvalue weighted by molar-refractivity contribution is 6.31. The van der Waals surface area contributed by atoms with Crippen molar-refractivity contribution in [3.8, 4) is 0 Å². The third kappa shape index (κ3) is 4.22. The van der Waals surface area contributed by atoms with Crippen LogP contribution in [-0.4, -0.2) is 21.6 Å². The largest absolute Gasteiger partial charge is 0.352 e. The van der Waals surface area contributed by atoms with Gasteiger partial charge in [-0.05, 0) is 35.9 Å². The van der Waals surface area contributed by atoms with E-state index in [-0.39, 0.29) is 37.0 Å². The molecule has 1 N–H and O–H groups in total. The van der Waals surface area contributed by atoms with Crippen LogP contribution in [0.2, 0.25) is 5.02 Å². The van der Waals surface area contributed by atoms with E-state index in [0.29, 0.717) is 10.5 Å². The van der Waals surface area contributed by atoms with E-state index in [1.807, 2.05) is 0 Å². The van der Waals surface area contributed by atoms with Gasteiger partial charge in [0.2, 0.25) is 11.8 Å². The van der Waals surface area contributed by atoms with E-state index in [2.05, 4.69) is 10.4 Å². The van der Waals surface area contributed by atoms with Crippen molar-refractivity contribution >= 4 is 34.3 Å². The van der Waals surface area contributed by atoms with Crippen LogP contribution in [0.1, 0.15) is 23.2 Å². The minimum absolute atomic E-state index is 0.0263. The summed E-state index contributed by atoms with van der Waals surface area (Å²) in [6, 6.07) is 11.0. The molecule has 3 aromatic rings. The Kier molecular flexibility index (Phi) is 5.09. The molecule has 5 nitrogen and oxygen atoms in total. The zero-order valence-corrected chi connectivity index (χ0v) is 14.0. The highest BCUT2D eigenvalue weighted by Crippen LogP contribution is 2.19. The number of carbonyl (C=O) groups is 2. The molecule has 1 amide bonds. The molecule has 0 atom stereocenters. The molecule has 3 rings (SSSR count). The molecule has 2 aromatic carbocycles. The van der Waals surface area contributed by atoms with Crippen molar-refractivity contribution < 1.29 is 14.0 Å². The van der Waals surface area contributed by atoms with Crippen LogP contribution in [-0.2, 0) is 11.3 Å². The minimum Gasteiger partial charge on any atom is -0.352 e. The average Bonchev–Trinajstić information content (AvgIpc) is 3.02. The summed E-state index contributed by atoms with van der Waals surface area (Å²) in [6.07, 6.45) is 1.65. The number of nitrogens with zero attached hydrogens (tertiary/aromatic N) is 2. The number of aromatic nitrogens is 2. The Morgan fingerprint density at radius 3 is 2.64 bits per heavy atom. The van der Waals surface area contributed by atoms with Gasteiger partial charge in [0, 0.05) is 29.8 Å². The van der Waals surface area contributed by atoms with E-state index in [1.165, 1.54) is 16.8 Å². The molecule has 0 aliphatic carbocycles. The predicted molar refractivity (Wildman–Crippen MR) is 92.9 cm³/mol. The third-order valence-electron chi connectivity index (χ3n) is 3.74. The first-order valence-corrected chi connectivity index (χ1v) is 8.08. The maximum Gasteiger partial charge on any atom is 0.247 e. The van der Waals surface area contributed by atoms with E-state index in [9.17, 15) is 14.0 Å². The zero-order chi connectivity index (χ0) is 17.8. The van der Waals surface area contributed by atoms with E-state index in [4.69, 9.17) is 11.6 Å². The van der Waals surface area contributed by atoms with Crippen LogP contribution in [0.3, 0.4) is 0 Å². The van der Waals surface area contributed by atoms with E-state index in [1.54, 1.807) is 36.5 Å². The maximum absolute atomic E-state index is 12.8. The molecular weight excluding hydrogens is 345 g/mol. The first-order valence-electron chi connectivity index (χ1n) is 7.70. The Labute approximate surface area is 148 Å². The second kappa shape index (κ2) is 7.44. The van der Waals surface area contributed by atoms with Gasteiger partial charge in [0.25, 0.3) is 0 Å². The lowest BCUT2D eigenvalue weighted by Crippen LogP contribution is -2.24. The average molecular weight is 360 g/mol. The van der Waals surface area contributed by atoms with Crippen LogP contribution in [0.5, 0.6) is 0 Å². The molecule has 1 aromatic heterocycles. The normalized spacial score (nSPS) is 10.8. The van der Waals surface area contributed by atoms with Crippen molar-refractivity contribution in [1.29, 1.82) is 0 Å². The van der Waals surface area contributed by atoms with Crippen LogP contribution < -0.4 is 5.32 Å². The Morgan fingerprint density at radius 1 is 1.12 bits per heavy atom.